The first-order chi connectivity index (χ1) is 9.17. The molecule has 0 bridgehead atoms. The summed E-state index contributed by atoms with van der Waals surface area (Å²) in [6, 6.07) is 7.99. The molecule has 0 aliphatic heterocycles. The molecule has 1 unspecified atom stereocenters. The molecule has 1 atom stereocenters. The van der Waals surface area contributed by atoms with Crippen LogP contribution in [-0.4, -0.2) is 31.4 Å². The van der Waals surface area contributed by atoms with E-state index in [1.54, 1.807) is 11.8 Å². The minimum Gasteiger partial charge on any atom is -0.468 e. The summed E-state index contributed by atoms with van der Waals surface area (Å²) in [5, 5.41) is 3.22. The van der Waals surface area contributed by atoms with Crippen LogP contribution < -0.4 is 5.32 Å². The third-order valence-corrected chi connectivity index (χ3v) is 4.19. The molecule has 0 heterocycles. The van der Waals surface area contributed by atoms with E-state index in [0.717, 1.165) is 29.6 Å². The summed E-state index contributed by atoms with van der Waals surface area (Å²) in [5.74, 6) is 0.711. The second-order valence-electron chi connectivity index (χ2n) is 4.12. The van der Waals surface area contributed by atoms with Crippen molar-refractivity contribution in [2.45, 2.75) is 30.7 Å². The van der Waals surface area contributed by atoms with Gasteiger partial charge in [-0.25, -0.2) is 0 Å². The normalized spacial score (nSPS) is 12.2. The van der Waals surface area contributed by atoms with Crippen molar-refractivity contribution >= 4 is 33.7 Å². The molecule has 1 aromatic rings. The van der Waals surface area contributed by atoms with E-state index in [2.05, 4.69) is 40.3 Å². The zero-order chi connectivity index (χ0) is 14.1. The van der Waals surface area contributed by atoms with Gasteiger partial charge in [-0.2, -0.15) is 0 Å². The lowest BCUT2D eigenvalue weighted by Gasteiger charge is -2.15. The van der Waals surface area contributed by atoms with Gasteiger partial charge in [0, 0.05) is 15.1 Å². The molecule has 0 saturated heterocycles. The van der Waals surface area contributed by atoms with Crippen LogP contribution in [0.5, 0.6) is 0 Å². The molecule has 0 radical (unpaired) electrons. The molecule has 1 aromatic carbocycles. The maximum Gasteiger partial charge on any atom is 0.322 e. The smallest absolute Gasteiger partial charge is 0.322 e. The Morgan fingerprint density at radius 3 is 2.68 bits per heavy atom. The van der Waals surface area contributed by atoms with Gasteiger partial charge in [0.1, 0.15) is 6.04 Å². The average Bonchev–Trinajstić information content (AvgIpc) is 2.43. The summed E-state index contributed by atoms with van der Waals surface area (Å²) in [6.45, 7) is 2.92. The average molecular weight is 346 g/mol. The molecule has 1 rings (SSSR count). The molecule has 0 aliphatic rings. The molecule has 1 N–H and O–H groups in total. The molecule has 0 spiro atoms. The third-order valence-electron chi connectivity index (χ3n) is 2.62. The second-order valence-corrected chi connectivity index (χ2v) is 6.20. The molecular weight excluding hydrogens is 326 g/mol. The number of hydrogen-bond acceptors (Lipinski definition) is 4. The summed E-state index contributed by atoms with van der Waals surface area (Å²) in [6.07, 6.45) is 1.78. The Morgan fingerprint density at radius 1 is 1.42 bits per heavy atom. The Balaban J connectivity index is 2.38. The topological polar surface area (TPSA) is 38.3 Å². The molecule has 0 aliphatic carbocycles. The Bertz CT molecular complexity index is 384. The predicted molar refractivity (Wildman–Crippen MR) is 83.6 cm³/mol. The summed E-state index contributed by atoms with van der Waals surface area (Å²) < 4.78 is 5.89. The van der Waals surface area contributed by atoms with Crippen LogP contribution in [0.4, 0.5) is 0 Å². The van der Waals surface area contributed by atoms with Crippen LogP contribution in [0.3, 0.4) is 0 Å². The fourth-order valence-electron chi connectivity index (χ4n) is 1.59. The molecule has 0 aromatic heterocycles. The molecule has 19 heavy (non-hydrogen) atoms. The van der Waals surface area contributed by atoms with Crippen molar-refractivity contribution in [3.05, 3.63) is 28.7 Å². The molecule has 0 fully saturated rings. The monoisotopic (exact) mass is 345 g/mol. The number of rotatable bonds is 8. The number of carbonyl (C=O) groups excluding carboxylic acids is 1. The maximum atomic E-state index is 11.6. The highest BCUT2D eigenvalue weighted by atomic mass is 79.9. The lowest BCUT2D eigenvalue weighted by atomic mass is 10.2. The van der Waals surface area contributed by atoms with Crippen LogP contribution in [0.2, 0.25) is 0 Å². The van der Waals surface area contributed by atoms with E-state index in [1.807, 2.05) is 12.1 Å². The summed E-state index contributed by atoms with van der Waals surface area (Å²) in [7, 11) is 1.44. The lowest BCUT2D eigenvalue weighted by Crippen LogP contribution is -2.38. The number of methoxy groups -OCH3 is 1. The van der Waals surface area contributed by atoms with Gasteiger partial charge >= 0.3 is 5.97 Å². The van der Waals surface area contributed by atoms with E-state index in [-0.39, 0.29) is 12.0 Å². The number of halogens is 1. The first-order valence-electron chi connectivity index (χ1n) is 6.37. The van der Waals surface area contributed by atoms with Crippen molar-refractivity contribution in [1.82, 2.24) is 5.32 Å². The van der Waals surface area contributed by atoms with Gasteiger partial charge in [0.25, 0.3) is 0 Å². The summed E-state index contributed by atoms with van der Waals surface area (Å²) >= 11 is 5.16. The molecule has 5 heteroatoms. The maximum absolute atomic E-state index is 11.6. The van der Waals surface area contributed by atoms with Crippen molar-refractivity contribution in [2.24, 2.45) is 0 Å². The summed E-state index contributed by atoms with van der Waals surface area (Å²) in [5.41, 5.74) is 0. The quantitative estimate of drug-likeness (QED) is 0.578. The standard InChI is InChI=1S/C14H20BrNO2S/c1-3-9-16-13(14(17)18-2)8-10-19-12-6-4-11(15)5-7-12/h4-7,13,16H,3,8-10H2,1-2H3. The van der Waals surface area contributed by atoms with Crippen molar-refractivity contribution in [3.8, 4) is 0 Å². The number of hydrogen-bond donors (Lipinski definition) is 1. The Labute approximate surface area is 127 Å². The molecule has 0 amide bonds. The molecular formula is C14H20BrNO2S. The summed E-state index contributed by atoms with van der Waals surface area (Å²) in [4.78, 5) is 12.8. The van der Waals surface area contributed by atoms with Crippen LogP contribution >= 0.6 is 27.7 Å². The second kappa shape index (κ2) is 9.39. The van der Waals surface area contributed by atoms with Crippen LogP contribution in [-0.2, 0) is 9.53 Å². The van der Waals surface area contributed by atoms with Crippen LogP contribution in [0.25, 0.3) is 0 Å². The van der Waals surface area contributed by atoms with Gasteiger partial charge in [-0.15, -0.1) is 11.8 Å². The minimum absolute atomic E-state index is 0.176. The van der Waals surface area contributed by atoms with E-state index in [4.69, 9.17) is 4.74 Å². The number of benzene rings is 1. The van der Waals surface area contributed by atoms with Gasteiger partial charge in [-0.3, -0.25) is 4.79 Å². The van der Waals surface area contributed by atoms with Gasteiger partial charge < -0.3 is 10.1 Å². The van der Waals surface area contributed by atoms with Gasteiger partial charge in [-0.05, 0) is 43.7 Å². The van der Waals surface area contributed by atoms with Crippen LogP contribution in [0.15, 0.2) is 33.6 Å². The van der Waals surface area contributed by atoms with Gasteiger partial charge in [0.2, 0.25) is 0 Å². The Kier molecular flexibility index (Phi) is 8.18. The van der Waals surface area contributed by atoms with Gasteiger partial charge in [0.15, 0.2) is 0 Å². The Hall–Kier alpha value is -0.520. The van der Waals surface area contributed by atoms with Gasteiger partial charge in [0.05, 0.1) is 7.11 Å². The highest BCUT2D eigenvalue weighted by molar-refractivity contribution is 9.10. The fourth-order valence-corrected chi connectivity index (χ4v) is 2.77. The van der Waals surface area contributed by atoms with Crippen molar-refractivity contribution < 1.29 is 9.53 Å². The molecule has 106 valence electrons. The number of esters is 1. The van der Waals surface area contributed by atoms with E-state index in [0.29, 0.717) is 0 Å². The lowest BCUT2D eigenvalue weighted by molar-refractivity contribution is -0.143. The zero-order valence-corrected chi connectivity index (χ0v) is 13.7. The number of nitrogens with one attached hydrogen (secondary N) is 1. The highest BCUT2D eigenvalue weighted by Crippen LogP contribution is 2.21. The SMILES string of the molecule is CCCNC(CCSc1ccc(Br)cc1)C(=O)OC. The van der Waals surface area contributed by atoms with Crippen LogP contribution in [0, 0.1) is 0 Å². The molecule has 3 nitrogen and oxygen atoms in total. The number of thioether (sulfide) groups is 1. The fraction of sp³-hybridized carbons (Fsp3) is 0.500. The van der Waals surface area contributed by atoms with E-state index < -0.39 is 0 Å². The van der Waals surface area contributed by atoms with Gasteiger partial charge in [-0.1, -0.05) is 22.9 Å². The van der Waals surface area contributed by atoms with E-state index >= 15 is 0 Å². The van der Waals surface area contributed by atoms with Crippen molar-refractivity contribution in [3.63, 3.8) is 0 Å². The van der Waals surface area contributed by atoms with Crippen LogP contribution in [0.1, 0.15) is 19.8 Å². The molecule has 0 saturated carbocycles. The largest absolute Gasteiger partial charge is 0.468 e. The first-order valence-corrected chi connectivity index (χ1v) is 8.14. The number of carbonyl (C=O) groups is 1. The van der Waals surface area contributed by atoms with Crippen molar-refractivity contribution in [1.29, 1.82) is 0 Å². The predicted octanol–water partition coefficient (Wildman–Crippen LogP) is 3.47. The Morgan fingerprint density at radius 2 is 2.11 bits per heavy atom. The minimum atomic E-state index is -0.201. The number of ether oxygens (including phenoxy) is 1. The zero-order valence-electron chi connectivity index (χ0n) is 11.3. The third kappa shape index (κ3) is 6.45. The van der Waals surface area contributed by atoms with E-state index in [9.17, 15) is 4.79 Å². The van der Waals surface area contributed by atoms with E-state index in [1.165, 1.54) is 12.0 Å². The van der Waals surface area contributed by atoms with Crippen molar-refractivity contribution in [2.75, 3.05) is 19.4 Å². The highest BCUT2D eigenvalue weighted by Gasteiger charge is 2.17. The first kappa shape index (κ1) is 16.5.